The standard InChI is InChI=1S/C19H31NO4Si/c1-15(2)18(21)20-17(19(22)24-11-12-25(3,4)5)14-23-13-16-9-7-6-8-10-16/h6-10,15,17H,11-14H2,1-5H3,(H,20,21)/t17-/m1/s1. The predicted molar refractivity (Wildman–Crippen MR) is 102 cm³/mol. The molecule has 6 heteroatoms. The molecule has 0 saturated heterocycles. The summed E-state index contributed by atoms with van der Waals surface area (Å²) in [5.74, 6) is -0.817. The lowest BCUT2D eigenvalue weighted by Crippen LogP contribution is -2.46. The van der Waals surface area contributed by atoms with Gasteiger partial charge in [-0.3, -0.25) is 4.79 Å². The second kappa shape index (κ2) is 10.4. The molecule has 0 unspecified atom stereocenters. The van der Waals surface area contributed by atoms with Crippen LogP contribution in [0.5, 0.6) is 0 Å². The van der Waals surface area contributed by atoms with Crippen LogP contribution >= 0.6 is 0 Å². The largest absolute Gasteiger partial charge is 0.464 e. The summed E-state index contributed by atoms with van der Waals surface area (Å²) < 4.78 is 11.0. The van der Waals surface area contributed by atoms with Gasteiger partial charge in [0.2, 0.25) is 5.91 Å². The normalized spacial score (nSPS) is 12.7. The molecule has 1 atom stereocenters. The summed E-state index contributed by atoms with van der Waals surface area (Å²) in [7, 11) is -1.27. The third kappa shape index (κ3) is 9.41. The van der Waals surface area contributed by atoms with E-state index in [1.807, 2.05) is 30.3 Å². The van der Waals surface area contributed by atoms with E-state index in [1.165, 1.54) is 0 Å². The fourth-order valence-corrected chi connectivity index (χ4v) is 2.65. The van der Waals surface area contributed by atoms with Gasteiger partial charge < -0.3 is 14.8 Å². The molecule has 5 nitrogen and oxygen atoms in total. The number of carbonyl (C=O) groups excluding carboxylic acids is 2. The van der Waals surface area contributed by atoms with Gasteiger partial charge in [0.25, 0.3) is 0 Å². The van der Waals surface area contributed by atoms with Gasteiger partial charge in [-0.25, -0.2) is 4.79 Å². The molecule has 0 spiro atoms. The van der Waals surface area contributed by atoms with Crippen molar-refractivity contribution in [1.29, 1.82) is 0 Å². The molecule has 0 aromatic heterocycles. The summed E-state index contributed by atoms with van der Waals surface area (Å²) in [4.78, 5) is 24.3. The zero-order valence-corrected chi connectivity index (χ0v) is 17.0. The molecule has 1 aromatic carbocycles. The molecule has 1 rings (SSSR count). The molecule has 0 aliphatic rings. The summed E-state index contributed by atoms with van der Waals surface area (Å²) in [5.41, 5.74) is 1.02. The van der Waals surface area contributed by atoms with Crippen LogP contribution in [-0.2, 0) is 25.7 Å². The molecule has 1 aromatic rings. The Balaban J connectivity index is 2.55. The lowest BCUT2D eigenvalue weighted by Gasteiger charge is -2.20. The van der Waals surface area contributed by atoms with Crippen molar-refractivity contribution in [3.8, 4) is 0 Å². The van der Waals surface area contributed by atoms with E-state index in [1.54, 1.807) is 13.8 Å². The first-order valence-electron chi connectivity index (χ1n) is 8.78. The summed E-state index contributed by atoms with van der Waals surface area (Å²) in [6.45, 7) is 11.1. The van der Waals surface area contributed by atoms with Crippen LogP contribution in [0.2, 0.25) is 25.7 Å². The van der Waals surface area contributed by atoms with Crippen molar-refractivity contribution in [3.05, 3.63) is 35.9 Å². The van der Waals surface area contributed by atoms with Crippen LogP contribution in [0.25, 0.3) is 0 Å². The maximum atomic E-state index is 12.3. The first kappa shape index (κ1) is 21.4. The number of rotatable bonds is 10. The highest BCUT2D eigenvalue weighted by atomic mass is 28.3. The molecule has 1 amide bonds. The fraction of sp³-hybridized carbons (Fsp3) is 0.579. The Hall–Kier alpha value is -1.66. The molecule has 1 N–H and O–H groups in total. The second-order valence-electron chi connectivity index (χ2n) is 7.69. The van der Waals surface area contributed by atoms with Gasteiger partial charge >= 0.3 is 5.97 Å². The van der Waals surface area contributed by atoms with Crippen molar-refractivity contribution >= 4 is 20.0 Å². The minimum atomic E-state index is -1.27. The molecule has 0 radical (unpaired) electrons. The van der Waals surface area contributed by atoms with Crippen molar-refractivity contribution in [2.45, 2.75) is 52.2 Å². The molecule has 25 heavy (non-hydrogen) atoms. The van der Waals surface area contributed by atoms with Crippen LogP contribution in [0.3, 0.4) is 0 Å². The van der Waals surface area contributed by atoms with Crippen LogP contribution in [0.4, 0.5) is 0 Å². The summed E-state index contributed by atoms with van der Waals surface area (Å²) in [6, 6.07) is 9.82. The van der Waals surface area contributed by atoms with Gasteiger partial charge in [0, 0.05) is 14.0 Å². The Morgan fingerprint density at radius 1 is 1.12 bits per heavy atom. The zero-order valence-electron chi connectivity index (χ0n) is 16.0. The highest BCUT2D eigenvalue weighted by Gasteiger charge is 2.24. The Morgan fingerprint density at radius 2 is 1.76 bits per heavy atom. The summed E-state index contributed by atoms with van der Waals surface area (Å²) in [6.07, 6.45) is 0. The van der Waals surface area contributed by atoms with Crippen LogP contribution in [0, 0.1) is 5.92 Å². The van der Waals surface area contributed by atoms with Gasteiger partial charge in [0.1, 0.15) is 0 Å². The van der Waals surface area contributed by atoms with Gasteiger partial charge in [0.15, 0.2) is 6.04 Å². The fourth-order valence-electron chi connectivity index (χ4n) is 1.93. The monoisotopic (exact) mass is 365 g/mol. The zero-order chi connectivity index (χ0) is 18.9. The third-order valence-electron chi connectivity index (χ3n) is 3.62. The highest BCUT2D eigenvalue weighted by molar-refractivity contribution is 6.76. The number of esters is 1. The molecule has 0 bridgehead atoms. The average molecular weight is 366 g/mol. The smallest absolute Gasteiger partial charge is 0.331 e. The first-order valence-corrected chi connectivity index (χ1v) is 12.5. The van der Waals surface area contributed by atoms with Crippen molar-refractivity contribution in [1.82, 2.24) is 5.32 Å². The molecular formula is C19H31NO4Si. The minimum Gasteiger partial charge on any atom is -0.464 e. The maximum absolute atomic E-state index is 12.3. The average Bonchev–Trinajstić information content (AvgIpc) is 2.53. The lowest BCUT2D eigenvalue weighted by atomic mass is 10.2. The lowest BCUT2D eigenvalue weighted by molar-refractivity contribution is -0.149. The van der Waals surface area contributed by atoms with E-state index in [4.69, 9.17) is 9.47 Å². The maximum Gasteiger partial charge on any atom is 0.331 e. The van der Waals surface area contributed by atoms with E-state index in [9.17, 15) is 9.59 Å². The summed E-state index contributed by atoms with van der Waals surface area (Å²) >= 11 is 0. The number of hydrogen-bond acceptors (Lipinski definition) is 4. The van der Waals surface area contributed by atoms with Crippen LogP contribution in [-0.4, -0.2) is 39.2 Å². The van der Waals surface area contributed by atoms with Crippen molar-refractivity contribution in [2.24, 2.45) is 5.92 Å². The Kier molecular flexibility index (Phi) is 8.86. The number of nitrogens with one attached hydrogen (secondary N) is 1. The van der Waals surface area contributed by atoms with Crippen LogP contribution in [0.1, 0.15) is 19.4 Å². The Bertz CT molecular complexity index is 540. The number of carbonyl (C=O) groups is 2. The topological polar surface area (TPSA) is 64.6 Å². The van der Waals surface area contributed by atoms with E-state index in [0.717, 1.165) is 11.6 Å². The van der Waals surface area contributed by atoms with Gasteiger partial charge in [-0.1, -0.05) is 63.8 Å². The van der Waals surface area contributed by atoms with Crippen molar-refractivity contribution in [2.75, 3.05) is 13.2 Å². The van der Waals surface area contributed by atoms with Gasteiger partial charge in [-0.15, -0.1) is 0 Å². The minimum absolute atomic E-state index is 0.0964. The van der Waals surface area contributed by atoms with E-state index >= 15 is 0 Å². The molecule has 0 saturated carbocycles. The molecule has 140 valence electrons. The number of ether oxygens (including phenoxy) is 2. The second-order valence-corrected chi connectivity index (χ2v) is 13.3. The Morgan fingerprint density at radius 3 is 2.32 bits per heavy atom. The molecule has 0 fully saturated rings. The van der Waals surface area contributed by atoms with Gasteiger partial charge in [-0.2, -0.15) is 0 Å². The Labute approximate surface area is 152 Å². The van der Waals surface area contributed by atoms with Crippen molar-refractivity contribution in [3.63, 3.8) is 0 Å². The molecule has 0 heterocycles. The predicted octanol–water partition coefficient (Wildman–Crippen LogP) is 3.23. The molecule has 0 aliphatic carbocycles. The van der Waals surface area contributed by atoms with E-state index < -0.39 is 20.1 Å². The number of benzene rings is 1. The van der Waals surface area contributed by atoms with Crippen LogP contribution < -0.4 is 5.32 Å². The van der Waals surface area contributed by atoms with Crippen LogP contribution in [0.15, 0.2) is 30.3 Å². The number of hydrogen-bond donors (Lipinski definition) is 1. The first-order chi connectivity index (χ1) is 11.7. The molecular weight excluding hydrogens is 334 g/mol. The quantitative estimate of drug-likeness (QED) is 0.511. The third-order valence-corrected chi connectivity index (χ3v) is 5.32. The van der Waals surface area contributed by atoms with E-state index in [2.05, 4.69) is 25.0 Å². The van der Waals surface area contributed by atoms with Crippen molar-refractivity contribution < 1.29 is 19.1 Å². The molecule has 0 aliphatic heterocycles. The number of amides is 1. The van der Waals surface area contributed by atoms with E-state index in [-0.39, 0.29) is 18.4 Å². The van der Waals surface area contributed by atoms with Gasteiger partial charge in [-0.05, 0) is 11.6 Å². The van der Waals surface area contributed by atoms with Gasteiger partial charge in [0.05, 0.1) is 19.8 Å². The SMILES string of the molecule is CC(C)C(=O)N[C@H](COCc1ccccc1)C(=O)OCC[Si](C)(C)C. The summed E-state index contributed by atoms with van der Waals surface area (Å²) in [5, 5.41) is 2.72. The highest BCUT2D eigenvalue weighted by Crippen LogP contribution is 2.08. The van der Waals surface area contributed by atoms with E-state index in [0.29, 0.717) is 13.2 Å².